The molecule has 3 aromatic heterocycles. The van der Waals surface area contributed by atoms with Crippen molar-refractivity contribution < 1.29 is 17.7 Å². The first-order valence-corrected chi connectivity index (χ1v) is 7.80. The maximum atomic E-state index is 13.6. The smallest absolute Gasteiger partial charge is 0.335 e. The number of halogens is 3. The first kappa shape index (κ1) is 15.2. The molecule has 0 aliphatic heterocycles. The van der Waals surface area contributed by atoms with Gasteiger partial charge in [0.1, 0.15) is 0 Å². The van der Waals surface area contributed by atoms with Gasteiger partial charge in [-0.2, -0.15) is 18.3 Å². The zero-order valence-corrected chi connectivity index (χ0v) is 13.2. The Balaban J connectivity index is 1.97. The molecule has 0 N–H and O–H groups in total. The number of alkyl halides is 3. The molecule has 5 nitrogen and oxygen atoms in total. The van der Waals surface area contributed by atoms with Gasteiger partial charge in [-0.1, -0.05) is 5.16 Å². The number of aromatic nitrogens is 4. The van der Waals surface area contributed by atoms with E-state index in [1.807, 2.05) is 6.92 Å². The molecule has 1 aliphatic carbocycles. The summed E-state index contributed by atoms with van der Waals surface area (Å²) < 4.78 is 47.7. The van der Waals surface area contributed by atoms with Crippen molar-refractivity contribution in [1.29, 1.82) is 0 Å². The Bertz CT molecular complexity index is 921. The molecule has 126 valence electrons. The lowest BCUT2D eigenvalue weighted by atomic mass is 10.0. The van der Waals surface area contributed by atoms with E-state index < -0.39 is 11.7 Å². The minimum absolute atomic E-state index is 0.00529. The Morgan fingerprint density at radius 2 is 2.08 bits per heavy atom. The lowest BCUT2D eigenvalue weighted by Gasteiger charge is -2.10. The molecule has 0 radical (unpaired) electrons. The van der Waals surface area contributed by atoms with Crippen LogP contribution >= 0.6 is 0 Å². The second-order valence-corrected chi connectivity index (χ2v) is 6.03. The van der Waals surface area contributed by atoms with Crippen LogP contribution in [0.3, 0.4) is 0 Å². The van der Waals surface area contributed by atoms with Gasteiger partial charge in [0.25, 0.3) is 5.71 Å². The number of nitrogens with zero attached hydrogens (tertiary/aromatic N) is 4. The van der Waals surface area contributed by atoms with Gasteiger partial charge in [0.2, 0.25) is 0 Å². The summed E-state index contributed by atoms with van der Waals surface area (Å²) in [6.07, 6.45) is -1.29. The molecule has 4 rings (SSSR count). The van der Waals surface area contributed by atoms with Crippen molar-refractivity contribution in [2.45, 2.75) is 45.3 Å². The highest BCUT2D eigenvalue weighted by atomic mass is 19.4. The normalized spacial score (nSPS) is 15.4. The number of fused-ring (bicyclic) bond motifs is 1. The molecule has 0 unspecified atom stereocenters. The van der Waals surface area contributed by atoms with Gasteiger partial charge in [0.05, 0.1) is 28.5 Å². The fraction of sp³-hybridized carbons (Fsp3) is 0.438. The second kappa shape index (κ2) is 5.06. The minimum atomic E-state index is -4.50. The summed E-state index contributed by atoms with van der Waals surface area (Å²) in [6, 6.07) is 1.08. The van der Waals surface area contributed by atoms with E-state index >= 15 is 0 Å². The molecular weight excluding hydrogens is 321 g/mol. The zero-order chi connectivity index (χ0) is 17.1. The van der Waals surface area contributed by atoms with Gasteiger partial charge in [0, 0.05) is 23.7 Å². The molecule has 24 heavy (non-hydrogen) atoms. The number of rotatable bonds is 3. The van der Waals surface area contributed by atoms with Gasteiger partial charge >= 0.3 is 6.18 Å². The van der Waals surface area contributed by atoms with Gasteiger partial charge in [-0.3, -0.25) is 4.68 Å². The lowest BCUT2D eigenvalue weighted by molar-refractivity contribution is -0.136. The highest BCUT2D eigenvalue weighted by Gasteiger charge is 2.39. The Hall–Kier alpha value is -2.38. The van der Waals surface area contributed by atoms with E-state index in [1.165, 1.54) is 6.20 Å². The number of hydrogen-bond donors (Lipinski definition) is 0. The summed E-state index contributed by atoms with van der Waals surface area (Å²) in [6.45, 7) is 4.36. The maximum Gasteiger partial charge on any atom is 0.417 e. The monoisotopic (exact) mass is 336 g/mol. The molecule has 1 fully saturated rings. The first-order valence-electron chi connectivity index (χ1n) is 7.80. The molecular formula is C16H15F3N4O. The van der Waals surface area contributed by atoms with Crippen molar-refractivity contribution in [3.8, 4) is 11.3 Å². The summed E-state index contributed by atoms with van der Waals surface area (Å²) in [7, 11) is 0. The van der Waals surface area contributed by atoms with Crippen LogP contribution in [0, 0.1) is 6.92 Å². The third-order valence-corrected chi connectivity index (χ3v) is 4.42. The number of hydrogen-bond acceptors (Lipinski definition) is 4. The van der Waals surface area contributed by atoms with Crippen LogP contribution in [-0.2, 0) is 12.7 Å². The molecule has 0 saturated heterocycles. The van der Waals surface area contributed by atoms with Crippen molar-refractivity contribution in [2.24, 2.45) is 0 Å². The van der Waals surface area contributed by atoms with Crippen molar-refractivity contribution in [1.82, 2.24) is 19.9 Å². The summed E-state index contributed by atoms with van der Waals surface area (Å²) in [5.74, 6) is 0.0459. The van der Waals surface area contributed by atoms with Gasteiger partial charge < -0.3 is 4.52 Å². The van der Waals surface area contributed by atoms with Gasteiger partial charge in [-0.25, -0.2) is 4.98 Å². The van der Waals surface area contributed by atoms with Gasteiger partial charge in [-0.05, 0) is 32.8 Å². The predicted molar refractivity (Wildman–Crippen MR) is 80.4 cm³/mol. The number of pyridine rings is 1. The van der Waals surface area contributed by atoms with E-state index in [-0.39, 0.29) is 22.7 Å². The molecule has 1 aliphatic rings. The van der Waals surface area contributed by atoms with Crippen LogP contribution in [0.25, 0.3) is 22.4 Å². The highest BCUT2D eigenvalue weighted by Crippen LogP contribution is 2.46. The van der Waals surface area contributed by atoms with E-state index in [2.05, 4.69) is 15.2 Å². The third kappa shape index (κ3) is 2.28. The summed E-state index contributed by atoms with van der Waals surface area (Å²) in [4.78, 5) is 4.28. The Kier molecular flexibility index (Phi) is 3.20. The molecule has 0 aromatic carbocycles. The first-order chi connectivity index (χ1) is 11.4. The van der Waals surface area contributed by atoms with E-state index in [0.717, 1.165) is 24.6 Å². The van der Waals surface area contributed by atoms with E-state index in [0.29, 0.717) is 17.8 Å². The fourth-order valence-electron chi connectivity index (χ4n) is 2.99. The van der Waals surface area contributed by atoms with Crippen LogP contribution in [0.15, 0.2) is 16.8 Å². The largest absolute Gasteiger partial charge is 0.417 e. The average Bonchev–Trinajstić information content (AvgIpc) is 3.17. The van der Waals surface area contributed by atoms with Crippen molar-refractivity contribution >= 4 is 11.1 Å². The molecule has 0 atom stereocenters. The van der Waals surface area contributed by atoms with Crippen LogP contribution in [0.4, 0.5) is 13.2 Å². The Morgan fingerprint density at radius 3 is 2.67 bits per heavy atom. The third-order valence-electron chi connectivity index (χ3n) is 4.42. The Morgan fingerprint density at radius 1 is 1.33 bits per heavy atom. The molecule has 0 amide bonds. The second-order valence-electron chi connectivity index (χ2n) is 6.03. The standard InChI is InChI=1S/C16H15F3N4O/c1-3-23-8(2)10(7-20-23)12-6-11(16(17,18)19)13-14(9-4-5-9)22-24-15(13)21-12/h6-7,9H,3-5H2,1-2H3. The Labute approximate surface area is 135 Å². The van der Waals surface area contributed by atoms with Crippen LogP contribution in [0.1, 0.15) is 42.6 Å². The molecule has 0 bridgehead atoms. The van der Waals surface area contributed by atoms with Crippen LogP contribution in [0.2, 0.25) is 0 Å². The molecule has 1 saturated carbocycles. The van der Waals surface area contributed by atoms with E-state index in [9.17, 15) is 13.2 Å². The summed E-state index contributed by atoms with van der Waals surface area (Å²) >= 11 is 0. The van der Waals surface area contributed by atoms with Gasteiger partial charge in [0.15, 0.2) is 0 Å². The number of aryl methyl sites for hydroxylation is 1. The summed E-state index contributed by atoms with van der Waals surface area (Å²) in [5, 5.41) is 8.02. The van der Waals surface area contributed by atoms with E-state index in [4.69, 9.17) is 4.52 Å². The molecule has 3 heterocycles. The fourth-order valence-corrected chi connectivity index (χ4v) is 2.99. The van der Waals surface area contributed by atoms with Crippen molar-refractivity contribution in [3.63, 3.8) is 0 Å². The van der Waals surface area contributed by atoms with Crippen molar-refractivity contribution in [3.05, 3.63) is 29.2 Å². The molecule has 8 heteroatoms. The molecule has 0 spiro atoms. The van der Waals surface area contributed by atoms with Crippen LogP contribution in [-0.4, -0.2) is 19.9 Å². The minimum Gasteiger partial charge on any atom is -0.335 e. The van der Waals surface area contributed by atoms with Gasteiger partial charge in [-0.15, -0.1) is 0 Å². The van der Waals surface area contributed by atoms with Crippen LogP contribution in [0.5, 0.6) is 0 Å². The topological polar surface area (TPSA) is 56.7 Å². The predicted octanol–water partition coefficient (Wildman–Crippen LogP) is 4.31. The SMILES string of the molecule is CCn1ncc(-c2cc(C(F)(F)F)c3c(C4CC4)noc3n2)c1C. The average molecular weight is 336 g/mol. The molecule has 3 aromatic rings. The zero-order valence-electron chi connectivity index (χ0n) is 13.2. The highest BCUT2D eigenvalue weighted by molar-refractivity contribution is 5.85. The van der Waals surface area contributed by atoms with Crippen LogP contribution < -0.4 is 0 Å². The van der Waals surface area contributed by atoms with E-state index in [1.54, 1.807) is 11.6 Å². The lowest BCUT2D eigenvalue weighted by Crippen LogP contribution is -2.07. The van der Waals surface area contributed by atoms with Crippen molar-refractivity contribution in [2.75, 3.05) is 0 Å². The summed E-state index contributed by atoms with van der Waals surface area (Å²) in [5.41, 5.74) is 1.09. The maximum absolute atomic E-state index is 13.6. The quantitative estimate of drug-likeness (QED) is 0.715.